The van der Waals surface area contributed by atoms with Crippen LogP contribution in [-0.4, -0.2) is 41.7 Å². The third kappa shape index (κ3) is 3.96. The third-order valence-corrected chi connectivity index (χ3v) is 4.65. The number of amides is 1. The van der Waals surface area contributed by atoms with Crippen molar-refractivity contribution < 1.29 is 4.79 Å². The summed E-state index contributed by atoms with van der Waals surface area (Å²) in [5, 5.41) is 7.98. The second-order valence-corrected chi connectivity index (χ2v) is 7.15. The van der Waals surface area contributed by atoms with Crippen molar-refractivity contribution in [1.29, 1.82) is 0 Å². The number of carbonyl (C=O) groups excluding carboxylic acids is 1. The Bertz CT molecular complexity index is 1160. The first-order valence-corrected chi connectivity index (χ1v) is 9.32. The van der Waals surface area contributed by atoms with Crippen LogP contribution in [0.15, 0.2) is 49.6 Å². The van der Waals surface area contributed by atoms with E-state index in [-0.39, 0.29) is 11.9 Å². The average Bonchev–Trinajstić information content (AvgIpc) is 3.20. The number of fused-ring (bicyclic) bond motifs is 1. The van der Waals surface area contributed by atoms with Gasteiger partial charge in [0.1, 0.15) is 19.0 Å². The molecule has 0 fully saturated rings. The SMILES string of the molecule is Cc1cc(C)c2nc(-c3cncnc3)cc(C(=O)NC(C)Cn3cncn3)c2c1. The molecule has 0 radical (unpaired) electrons. The van der Waals surface area contributed by atoms with Gasteiger partial charge in [-0.2, -0.15) is 5.10 Å². The molecule has 0 bridgehead atoms. The van der Waals surface area contributed by atoms with Crippen LogP contribution in [-0.2, 0) is 6.54 Å². The van der Waals surface area contributed by atoms with Crippen LogP contribution in [0.2, 0.25) is 0 Å². The zero-order chi connectivity index (χ0) is 20.4. The second-order valence-electron chi connectivity index (χ2n) is 7.15. The predicted molar refractivity (Wildman–Crippen MR) is 109 cm³/mol. The van der Waals surface area contributed by atoms with E-state index in [1.165, 1.54) is 12.7 Å². The Labute approximate surface area is 168 Å². The molecule has 1 atom stereocenters. The van der Waals surface area contributed by atoms with Crippen molar-refractivity contribution in [3.8, 4) is 11.3 Å². The minimum Gasteiger partial charge on any atom is -0.348 e. The van der Waals surface area contributed by atoms with Crippen molar-refractivity contribution in [2.75, 3.05) is 0 Å². The Morgan fingerprint density at radius 1 is 1.10 bits per heavy atom. The number of pyridine rings is 1. The van der Waals surface area contributed by atoms with Crippen LogP contribution in [0.25, 0.3) is 22.2 Å². The topological polar surface area (TPSA) is 98.5 Å². The lowest BCUT2D eigenvalue weighted by molar-refractivity contribution is 0.0937. The maximum atomic E-state index is 13.2. The fourth-order valence-electron chi connectivity index (χ4n) is 3.40. The van der Waals surface area contributed by atoms with Crippen LogP contribution in [0, 0.1) is 13.8 Å². The monoisotopic (exact) mass is 387 g/mol. The Kier molecular flexibility index (Phi) is 4.99. The Morgan fingerprint density at radius 2 is 1.90 bits per heavy atom. The molecule has 8 nitrogen and oxygen atoms in total. The number of aromatic nitrogens is 6. The van der Waals surface area contributed by atoms with Gasteiger partial charge in [-0.1, -0.05) is 11.6 Å². The lowest BCUT2D eigenvalue weighted by atomic mass is 10.00. The number of rotatable bonds is 5. The summed E-state index contributed by atoms with van der Waals surface area (Å²) in [4.78, 5) is 30.1. The first kappa shape index (κ1) is 18.7. The molecule has 8 heteroatoms. The molecular weight excluding hydrogens is 366 g/mol. The first-order chi connectivity index (χ1) is 14.0. The van der Waals surface area contributed by atoms with Gasteiger partial charge in [-0.15, -0.1) is 0 Å². The van der Waals surface area contributed by atoms with Crippen molar-refractivity contribution in [2.24, 2.45) is 0 Å². The summed E-state index contributed by atoms with van der Waals surface area (Å²) >= 11 is 0. The normalized spacial score (nSPS) is 12.1. The maximum absolute atomic E-state index is 13.2. The predicted octanol–water partition coefficient (Wildman–Crippen LogP) is 2.72. The number of carbonyl (C=O) groups is 1. The van der Waals surface area contributed by atoms with E-state index in [0.717, 1.165) is 27.6 Å². The minimum atomic E-state index is -0.159. The lowest BCUT2D eigenvalue weighted by Crippen LogP contribution is -2.36. The van der Waals surface area contributed by atoms with Gasteiger partial charge in [0.05, 0.1) is 23.3 Å². The summed E-state index contributed by atoms with van der Waals surface area (Å²) in [7, 11) is 0. The van der Waals surface area contributed by atoms with Gasteiger partial charge in [0.15, 0.2) is 0 Å². The molecule has 4 rings (SSSR count). The molecule has 4 aromatic rings. The van der Waals surface area contributed by atoms with Crippen molar-refractivity contribution in [1.82, 2.24) is 35.0 Å². The number of hydrogen-bond donors (Lipinski definition) is 1. The molecule has 3 aromatic heterocycles. The Balaban J connectivity index is 1.75. The first-order valence-electron chi connectivity index (χ1n) is 9.32. The van der Waals surface area contributed by atoms with E-state index in [2.05, 4.69) is 31.4 Å². The summed E-state index contributed by atoms with van der Waals surface area (Å²) in [6, 6.07) is 5.74. The fraction of sp³-hybridized carbons (Fsp3) is 0.238. The van der Waals surface area contributed by atoms with Gasteiger partial charge in [0, 0.05) is 29.4 Å². The van der Waals surface area contributed by atoms with E-state index < -0.39 is 0 Å². The van der Waals surface area contributed by atoms with E-state index in [1.54, 1.807) is 29.5 Å². The van der Waals surface area contributed by atoms with Crippen molar-refractivity contribution >= 4 is 16.8 Å². The zero-order valence-electron chi connectivity index (χ0n) is 16.5. The molecule has 1 aromatic carbocycles. The van der Waals surface area contributed by atoms with Gasteiger partial charge in [-0.3, -0.25) is 9.48 Å². The molecule has 1 unspecified atom stereocenters. The van der Waals surface area contributed by atoms with Crippen LogP contribution in [0.5, 0.6) is 0 Å². The van der Waals surface area contributed by atoms with Crippen molar-refractivity contribution in [3.63, 3.8) is 0 Å². The number of benzene rings is 1. The fourth-order valence-corrected chi connectivity index (χ4v) is 3.40. The summed E-state index contributed by atoms with van der Waals surface area (Å²) in [5.74, 6) is -0.159. The molecule has 0 saturated carbocycles. The van der Waals surface area contributed by atoms with Crippen LogP contribution in [0.4, 0.5) is 0 Å². The van der Waals surface area contributed by atoms with Gasteiger partial charge in [0.2, 0.25) is 0 Å². The number of nitrogens with zero attached hydrogens (tertiary/aromatic N) is 6. The largest absolute Gasteiger partial charge is 0.348 e. The summed E-state index contributed by atoms with van der Waals surface area (Å²) in [5.41, 5.74) is 4.90. The Hall–Kier alpha value is -3.68. The molecular formula is C21H21N7O. The number of hydrogen-bond acceptors (Lipinski definition) is 6. The minimum absolute atomic E-state index is 0.123. The molecule has 0 aliphatic carbocycles. The van der Waals surface area contributed by atoms with Crippen LogP contribution < -0.4 is 5.32 Å². The highest BCUT2D eigenvalue weighted by Crippen LogP contribution is 2.27. The molecule has 146 valence electrons. The average molecular weight is 387 g/mol. The Morgan fingerprint density at radius 3 is 2.62 bits per heavy atom. The number of aryl methyl sites for hydroxylation is 2. The molecule has 1 amide bonds. The summed E-state index contributed by atoms with van der Waals surface area (Å²) in [6.07, 6.45) is 7.97. The highest BCUT2D eigenvalue weighted by Gasteiger charge is 2.18. The van der Waals surface area contributed by atoms with E-state index >= 15 is 0 Å². The second kappa shape index (κ2) is 7.75. The molecule has 0 spiro atoms. The van der Waals surface area contributed by atoms with E-state index in [0.29, 0.717) is 17.8 Å². The summed E-state index contributed by atoms with van der Waals surface area (Å²) in [6.45, 7) is 6.49. The van der Waals surface area contributed by atoms with Gasteiger partial charge >= 0.3 is 0 Å². The molecule has 3 heterocycles. The quantitative estimate of drug-likeness (QED) is 0.565. The van der Waals surface area contributed by atoms with Gasteiger partial charge in [-0.25, -0.2) is 19.9 Å². The zero-order valence-corrected chi connectivity index (χ0v) is 16.5. The molecule has 0 aliphatic heterocycles. The van der Waals surface area contributed by atoms with Crippen molar-refractivity contribution in [2.45, 2.75) is 33.4 Å². The van der Waals surface area contributed by atoms with Crippen LogP contribution in [0.1, 0.15) is 28.4 Å². The highest BCUT2D eigenvalue weighted by molar-refractivity contribution is 6.08. The van der Waals surface area contributed by atoms with E-state index in [9.17, 15) is 4.79 Å². The smallest absolute Gasteiger partial charge is 0.252 e. The summed E-state index contributed by atoms with van der Waals surface area (Å²) < 4.78 is 1.69. The highest BCUT2D eigenvalue weighted by atomic mass is 16.1. The van der Waals surface area contributed by atoms with E-state index in [1.807, 2.05) is 26.8 Å². The molecule has 29 heavy (non-hydrogen) atoms. The standard InChI is InChI=1S/C21H21N7O/c1-13-4-14(2)20-17(5-13)18(6-19(27-20)16-7-22-10-23-8-16)21(29)26-15(3)9-28-12-24-11-25-28/h4-8,10-12,15H,9H2,1-3H3,(H,26,29). The van der Waals surface area contributed by atoms with E-state index in [4.69, 9.17) is 4.98 Å². The lowest BCUT2D eigenvalue weighted by Gasteiger charge is -2.16. The molecule has 1 N–H and O–H groups in total. The maximum Gasteiger partial charge on any atom is 0.252 e. The van der Waals surface area contributed by atoms with Crippen LogP contribution >= 0.6 is 0 Å². The number of nitrogens with one attached hydrogen (secondary N) is 1. The van der Waals surface area contributed by atoms with Crippen LogP contribution in [0.3, 0.4) is 0 Å². The van der Waals surface area contributed by atoms with Gasteiger partial charge in [0.25, 0.3) is 5.91 Å². The molecule has 0 saturated heterocycles. The van der Waals surface area contributed by atoms with Crippen molar-refractivity contribution in [3.05, 3.63) is 66.3 Å². The van der Waals surface area contributed by atoms with Gasteiger partial charge < -0.3 is 5.32 Å². The van der Waals surface area contributed by atoms with Gasteiger partial charge in [-0.05, 0) is 38.5 Å². The molecule has 0 aliphatic rings. The third-order valence-electron chi connectivity index (χ3n) is 4.65.